The van der Waals surface area contributed by atoms with Gasteiger partial charge in [-0.1, -0.05) is 259 Å². The van der Waals surface area contributed by atoms with Crippen LogP contribution in [0.3, 0.4) is 0 Å². The summed E-state index contributed by atoms with van der Waals surface area (Å²) in [6.07, 6.45) is 49.5. The summed E-state index contributed by atoms with van der Waals surface area (Å²) in [7, 11) is 0. The predicted molar refractivity (Wildman–Crippen MR) is 252 cm³/mol. The largest absolute Gasteiger partial charge is 0.462 e. The molecule has 0 rings (SSSR count). The number of rotatable bonds is 48. The average molecular weight is 835 g/mol. The van der Waals surface area contributed by atoms with Crippen molar-refractivity contribution in [2.45, 2.75) is 303 Å². The smallest absolute Gasteiger partial charge is 0.306 e. The monoisotopic (exact) mass is 835 g/mol. The lowest BCUT2D eigenvalue weighted by atomic mass is 10.0. The Morgan fingerprint density at radius 2 is 0.559 bits per heavy atom. The summed E-state index contributed by atoms with van der Waals surface area (Å²) in [6, 6.07) is 0. The number of hydrogen-bond acceptors (Lipinski definition) is 6. The molecule has 0 aliphatic rings. The number of carbonyl (C=O) groups excluding carboxylic acids is 3. The Balaban J connectivity index is 4.27. The number of carbonyl (C=O) groups is 3. The molecule has 1 atom stereocenters. The zero-order valence-corrected chi connectivity index (χ0v) is 40.2. The molecule has 0 aliphatic carbocycles. The minimum Gasteiger partial charge on any atom is -0.462 e. The SMILES string of the molecule is CCCCCCCCCCCCCCCCCCCCC(=O)O[C@@H](COC(=O)CCCCCCCCCCCCCC)COC(=O)CCCCCCCCCCC(C)C. The van der Waals surface area contributed by atoms with Crippen molar-refractivity contribution in [3.63, 3.8) is 0 Å². The van der Waals surface area contributed by atoms with E-state index >= 15 is 0 Å². The Morgan fingerprint density at radius 1 is 0.322 bits per heavy atom. The van der Waals surface area contributed by atoms with Crippen molar-refractivity contribution in [2.24, 2.45) is 5.92 Å². The molecule has 0 unspecified atom stereocenters. The van der Waals surface area contributed by atoms with Gasteiger partial charge < -0.3 is 14.2 Å². The topological polar surface area (TPSA) is 78.9 Å². The Morgan fingerprint density at radius 3 is 0.831 bits per heavy atom. The lowest BCUT2D eigenvalue weighted by molar-refractivity contribution is -0.167. The van der Waals surface area contributed by atoms with E-state index < -0.39 is 6.10 Å². The molecule has 0 saturated carbocycles. The van der Waals surface area contributed by atoms with Gasteiger partial charge in [-0.15, -0.1) is 0 Å². The van der Waals surface area contributed by atoms with E-state index in [0.29, 0.717) is 19.3 Å². The van der Waals surface area contributed by atoms with Crippen molar-refractivity contribution in [3.05, 3.63) is 0 Å². The maximum Gasteiger partial charge on any atom is 0.306 e. The van der Waals surface area contributed by atoms with E-state index in [-0.39, 0.29) is 31.1 Å². The maximum atomic E-state index is 12.8. The van der Waals surface area contributed by atoms with Gasteiger partial charge in [0.2, 0.25) is 0 Å². The molecule has 0 amide bonds. The van der Waals surface area contributed by atoms with Gasteiger partial charge >= 0.3 is 17.9 Å². The summed E-state index contributed by atoms with van der Waals surface area (Å²) in [5.74, 6) is -0.0491. The van der Waals surface area contributed by atoms with Crippen molar-refractivity contribution in [2.75, 3.05) is 13.2 Å². The standard InChI is InChI=1S/C53H102O6/c1-5-7-9-11-13-15-17-19-20-21-22-23-24-26-28-34-38-42-46-53(56)59-50(48-58-52(55)45-41-37-33-30-29-31-35-39-43-49(3)4)47-57-51(54)44-40-36-32-27-25-18-16-14-12-10-8-6-2/h49-50H,5-48H2,1-4H3/t50-/m0/s1. The molecular formula is C53H102O6. The summed E-state index contributed by atoms with van der Waals surface area (Å²) in [4.78, 5) is 37.9. The van der Waals surface area contributed by atoms with Crippen LogP contribution >= 0.6 is 0 Å². The molecule has 0 aromatic heterocycles. The van der Waals surface area contributed by atoms with Gasteiger partial charge in [-0.25, -0.2) is 0 Å². The highest BCUT2D eigenvalue weighted by atomic mass is 16.6. The van der Waals surface area contributed by atoms with Gasteiger partial charge in [0.25, 0.3) is 0 Å². The first-order chi connectivity index (χ1) is 28.9. The number of ether oxygens (including phenoxy) is 3. The molecule has 0 saturated heterocycles. The molecule has 0 aliphatic heterocycles. The normalized spacial score (nSPS) is 11.9. The van der Waals surface area contributed by atoms with Crippen LogP contribution in [-0.2, 0) is 28.6 Å². The van der Waals surface area contributed by atoms with Crippen LogP contribution in [0.1, 0.15) is 297 Å². The van der Waals surface area contributed by atoms with Crippen LogP contribution < -0.4 is 0 Å². The highest BCUT2D eigenvalue weighted by molar-refractivity contribution is 5.71. The van der Waals surface area contributed by atoms with Crippen LogP contribution in [0, 0.1) is 5.92 Å². The average Bonchev–Trinajstić information content (AvgIpc) is 3.22. The fourth-order valence-electron chi connectivity index (χ4n) is 8.04. The van der Waals surface area contributed by atoms with Gasteiger partial charge in [-0.3, -0.25) is 14.4 Å². The molecule has 0 fully saturated rings. The molecule has 0 aromatic rings. The van der Waals surface area contributed by atoms with E-state index in [1.165, 1.54) is 193 Å². The van der Waals surface area contributed by atoms with Crippen molar-refractivity contribution in [1.82, 2.24) is 0 Å². The molecule has 350 valence electrons. The molecule has 6 heteroatoms. The van der Waals surface area contributed by atoms with Gasteiger partial charge in [-0.05, 0) is 25.2 Å². The van der Waals surface area contributed by atoms with Gasteiger partial charge in [0.1, 0.15) is 13.2 Å². The first-order valence-electron chi connectivity index (χ1n) is 26.4. The molecule has 0 heterocycles. The second kappa shape index (κ2) is 47.5. The number of unbranched alkanes of at least 4 members (excludes halogenated alkanes) is 35. The Labute approximate surface area is 368 Å². The summed E-state index contributed by atoms with van der Waals surface area (Å²) >= 11 is 0. The molecule has 0 bridgehead atoms. The molecule has 0 spiro atoms. The molecule has 6 nitrogen and oxygen atoms in total. The summed E-state index contributed by atoms with van der Waals surface area (Å²) in [5.41, 5.74) is 0. The first-order valence-corrected chi connectivity index (χ1v) is 26.4. The minimum atomic E-state index is -0.761. The number of esters is 3. The molecule has 0 aromatic carbocycles. The van der Waals surface area contributed by atoms with Gasteiger partial charge in [-0.2, -0.15) is 0 Å². The molecule has 0 N–H and O–H groups in total. The van der Waals surface area contributed by atoms with E-state index in [4.69, 9.17) is 14.2 Å². The van der Waals surface area contributed by atoms with Crippen LogP contribution in [0.25, 0.3) is 0 Å². The summed E-state index contributed by atoms with van der Waals surface area (Å²) in [6.45, 7) is 9.00. The van der Waals surface area contributed by atoms with Crippen LogP contribution in [0.4, 0.5) is 0 Å². The third-order valence-corrected chi connectivity index (χ3v) is 12.0. The highest BCUT2D eigenvalue weighted by Crippen LogP contribution is 2.17. The zero-order chi connectivity index (χ0) is 43.1. The molecule has 59 heavy (non-hydrogen) atoms. The Kier molecular flexibility index (Phi) is 46.2. The predicted octanol–water partition coefficient (Wildman–Crippen LogP) is 17.1. The Bertz CT molecular complexity index is 887. The lowest BCUT2D eigenvalue weighted by Gasteiger charge is -2.18. The molecular weight excluding hydrogens is 733 g/mol. The van der Waals surface area contributed by atoms with Crippen LogP contribution in [-0.4, -0.2) is 37.2 Å². The summed E-state index contributed by atoms with van der Waals surface area (Å²) < 4.78 is 16.8. The first kappa shape index (κ1) is 57.4. The fourth-order valence-corrected chi connectivity index (χ4v) is 8.04. The third-order valence-electron chi connectivity index (χ3n) is 12.0. The third kappa shape index (κ3) is 47.3. The number of hydrogen-bond donors (Lipinski definition) is 0. The van der Waals surface area contributed by atoms with Gasteiger partial charge in [0.05, 0.1) is 0 Å². The van der Waals surface area contributed by atoms with Crippen molar-refractivity contribution < 1.29 is 28.6 Å². The van der Waals surface area contributed by atoms with Crippen molar-refractivity contribution in [1.29, 1.82) is 0 Å². The van der Waals surface area contributed by atoms with Crippen molar-refractivity contribution >= 4 is 17.9 Å². The van der Waals surface area contributed by atoms with Crippen LogP contribution in [0.15, 0.2) is 0 Å². The van der Waals surface area contributed by atoms with Crippen molar-refractivity contribution in [3.8, 4) is 0 Å². The second-order valence-corrected chi connectivity index (χ2v) is 18.6. The fraction of sp³-hybridized carbons (Fsp3) is 0.943. The van der Waals surface area contributed by atoms with Crippen LogP contribution in [0.2, 0.25) is 0 Å². The van der Waals surface area contributed by atoms with Gasteiger partial charge in [0.15, 0.2) is 6.10 Å². The highest BCUT2D eigenvalue weighted by Gasteiger charge is 2.19. The van der Waals surface area contributed by atoms with Crippen LogP contribution in [0.5, 0.6) is 0 Å². The van der Waals surface area contributed by atoms with E-state index in [2.05, 4.69) is 27.7 Å². The zero-order valence-electron chi connectivity index (χ0n) is 40.2. The quantitative estimate of drug-likeness (QED) is 0.0345. The maximum absolute atomic E-state index is 12.8. The van der Waals surface area contributed by atoms with E-state index in [9.17, 15) is 14.4 Å². The lowest BCUT2D eigenvalue weighted by Crippen LogP contribution is -2.30. The van der Waals surface area contributed by atoms with E-state index in [0.717, 1.165) is 63.7 Å². The minimum absolute atomic E-state index is 0.0631. The summed E-state index contributed by atoms with van der Waals surface area (Å²) in [5, 5.41) is 0. The second-order valence-electron chi connectivity index (χ2n) is 18.6. The van der Waals surface area contributed by atoms with E-state index in [1.54, 1.807) is 0 Å². The Hall–Kier alpha value is -1.59. The van der Waals surface area contributed by atoms with Gasteiger partial charge in [0, 0.05) is 19.3 Å². The van der Waals surface area contributed by atoms with E-state index in [1.807, 2.05) is 0 Å². The molecule has 0 radical (unpaired) electrons.